The molecule has 8 heteroatoms. The second kappa shape index (κ2) is 12.7. The maximum atomic E-state index is 14.9. The molecule has 0 aliphatic heterocycles. The van der Waals surface area contributed by atoms with Gasteiger partial charge in [-0.05, 0) is 99.2 Å². The summed E-state index contributed by atoms with van der Waals surface area (Å²) in [4.78, 5) is 37.5. The van der Waals surface area contributed by atoms with Gasteiger partial charge in [-0.3, -0.25) is 19.6 Å². The summed E-state index contributed by atoms with van der Waals surface area (Å²) in [5, 5.41) is 3.60. The molecule has 5 rings (SSSR count). The predicted molar refractivity (Wildman–Crippen MR) is 176 cm³/mol. The molecule has 3 aromatic heterocycles. The number of amides is 1. The summed E-state index contributed by atoms with van der Waals surface area (Å²) < 4.78 is 14.9. The van der Waals surface area contributed by atoms with Gasteiger partial charge in [0, 0.05) is 45.6 Å². The molecule has 0 aliphatic carbocycles. The third-order valence-electron chi connectivity index (χ3n) is 7.67. The number of nitrogens with one attached hydrogen (secondary N) is 2. The van der Waals surface area contributed by atoms with E-state index < -0.39 is 17.3 Å². The van der Waals surface area contributed by atoms with E-state index in [1.54, 1.807) is 24.4 Å². The number of aromatic nitrogens is 3. The Morgan fingerprint density at radius 2 is 1.39 bits per heavy atom. The van der Waals surface area contributed by atoms with Crippen LogP contribution in [0.4, 0.5) is 4.39 Å². The third kappa shape index (κ3) is 7.19. The number of carbonyl (C=O) groups excluding carboxylic acids is 1. The number of rotatable bonds is 6. The van der Waals surface area contributed by atoms with Gasteiger partial charge in [0.05, 0.1) is 16.6 Å². The van der Waals surface area contributed by atoms with Crippen LogP contribution in [-0.4, -0.2) is 20.9 Å². The van der Waals surface area contributed by atoms with Crippen molar-refractivity contribution >= 4 is 27.7 Å². The number of hydrogen-bond donors (Lipinski definition) is 3. The van der Waals surface area contributed by atoms with Gasteiger partial charge in [0.25, 0.3) is 5.91 Å². The van der Waals surface area contributed by atoms with E-state index in [0.717, 1.165) is 28.6 Å². The van der Waals surface area contributed by atoms with Crippen LogP contribution in [0.3, 0.4) is 0 Å². The Labute approximate surface area is 258 Å². The van der Waals surface area contributed by atoms with E-state index in [1.165, 1.54) is 6.07 Å². The molecule has 230 valence electrons. The number of para-hydroxylation sites is 1. The minimum absolute atomic E-state index is 0.121. The zero-order chi connectivity index (χ0) is 32.4. The average molecular weight is 596 g/mol. The quantitative estimate of drug-likeness (QED) is 0.177. The molecule has 2 aromatic carbocycles. The minimum Gasteiger partial charge on any atom is -0.354 e. The SMILES string of the molecule is CC(C)c1cc(C(C)(C)N)ccn1.CC(C)c1cc(C(C)(C)NC(=O)c2cc3[nH]c4ccccc4c(=O)c3cc2F)ccn1. The topological polar surface area (TPSA) is 114 Å². The molecular weight excluding hydrogens is 553 g/mol. The number of nitrogens with two attached hydrogens (primary N) is 1. The van der Waals surface area contributed by atoms with Gasteiger partial charge >= 0.3 is 0 Å². The molecule has 3 heterocycles. The van der Waals surface area contributed by atoms with Crippen LogP contribution in [0.15, 0.2) is 77.9 Å². The van der Waals surface area contributed by atoms with Gasteiger partial charge in [-0.15, -0.1) is 0 Å². The predicted octanol–water partition coefficient (Wildman–Crippen LogP) is 7.40. The Hall–Kier alpha value is -4.43. The number of fused-ring (bicyclic) bond motifs is 2. The van der Waals surface area contributed by atoms with Gasteiger partial charge < -0.3 is 16.0 Å². The number of H-pyrrole nitrogens is 1. The van der Waals surface area contributed by atoms with E-state index in [1.807, 2.05) is 72.0 Å². The van der Waals surface area contributed by atoms with Crippen LogP contribution < -0.4 is 16.5 Å². The van der Waals surface area contributed by atoms with Crippen molar-refractivity contribution in [3.05, 3.63) is 117 Å². The molecule has 1 amide bonds. The molecule has 0 saturated carbocycles. The fourth-order valence-electron chi connectivity index (χ4n) is 4.86. The van der Waals surface area contributed by atoms with Crippen molar-refractivity contribution in [1.29, 1.82) is 0 Å². The van der Waals surface area contributed by atoms with Crippen molar-refractivity contribution in [3.63, 3.8) is 0 Å². The highest BCUT2D eigenvalue weighted by molar-refractivity contribution is 6.00. The number of aromatic amines is 1. The Balaban J connectivity index is 0.000000285. The second-order valence-corrected chi connectivity index (χ2v) is 12.9. The summed E-state index contributed by atoms with van der Waals surface area (Å²) in [6.45, 7) is 16.1. The van der Waals surface area contributed by atoms with Crippen LogP contribution in [0, 0.1) is 5.82 Å². The van der Waals surface area contributed by atoms with Crippen LogP contribution in [0.2, 0.25) is 0 Å². The molecule has 0 radical (unpaired) electrons. The largest absolute Gasteiger partial charge is 0.354 e. The lowest BCUT2D eigenvalue weighted by atomic mass is 9.92. The van der Waals surface area contributed by atoms with Crippen molar-refractivity contribution in [1.82, 2.24) is 20.3 Å². The first kappa shape index (κ1) is 32.5. The first-order valence-corrected chi connectivity index (χ1v) is 14.9. The maximum Gasteiger partial charge on any atom is 0.255 e. The van der Waals surface area contributed by atoms with Crippen molar-refractivity contribution in [2.45, 2.75) is 78.3 Å². The highest BCUT2D eigenvalue weighted by Gasteiger charge is 2.26. The van der Waals surface area contributed by atoms with Gasteiger partial charge in [-0.2, -0.15) is 0 Å². The molecule has 7 nitrogen and oxygen atoms in total. The Bertz CT molecular complexity index is 1870. The van der Waals surface area contributed by atoms with Gasteiger partial charge in [0.1, 0.15) is 5.82 Å². The fraction of sp³-hybridized carbons (Fsp3) is 0.333. The van der Waals surface area contributed by atoms with Gasteiger partial charge in [-0.1, -0.05) is 39.8 Å². The van der Waals surface area contributed by atoms with Crippen molar-refractivity contribution in [2.75, 3.05) is 0 Å². The second-order valence-electron chi connectivity index (χ2n) is 12.9. The average Bonchev–Trinajstić information content (AvgIpc) is 2.97. The molecular formula is C36H42FN5O2. The summed E-state index contributed by atoms with van der Waals surface area (Å²) in [6.07, 6.45) is 3.55. The first-order chi connectivity index (χ1) is 20.6. The molecule has 0 bridgehead atoms. The summed E-state index contributed by atoms with van der Waals surface area (Å²) in [5.41, 5.74) is 9.68. The molecule has 0 aliphatic rings. The molecule has 4 N–H and O–H groups in total. The summed E-state index contributed by atoms with van der Waals surface area (Å²) in [6, 6.07) is 17.4. The van der Waals surface area contributed by atoms with E-state index >= 15 is 0 Å². The van der Waals surface area contributed by atoms with Crippen LogP contribution >= 0.6 is 0 Å². The smallest absolute Gasteiger partial charge is 0.255 e. The number of carbonyl (C=O) groups is 1. The van der Waals surface area contributed by atoms with Crippen LogP contribution in [0.5, 0.6) is 0 Å². The van der Waals surface area contributed by atoms with E-state index in [4.69, 9.17) is 5.73 Å². The normalized spacial score (nSPS) is 12.0. The Morgan fingerprint density at radius 1 is 0.818 bits per heavy atom. The van der Waals surface area contributed by atoms with Crippen molar-refractivity contribution < 1.29 is 9.18 Å². The van der Waals surface area contributed by atoms with Crippen molar-refractivity contribution in [3.8, 4) is 0 Å². The highest BCUT2D eigenvalue weighted by atomic mass is 19.1. The molecule has 44 heavy (non-hydrogen) atoms. The third-order valence-corrected chi connectivity index (χ3v) is 7.67. The monoisotopic (exact) mass is 595 g/mol. The van der Waals surface area contributed by atoms with E-state index in [2.05, 4.69) is 40.2 Å². The van der Waals surface area contributed by atoms with E-state index in [9.17, 15) is 14.0 Å². The highest BCUT2D eigenvalue weighted by Crippen LogP contribution is 2.25. The fourth-order valence-corrected chi connectivity index (χ4v) is 4.86. The first-order valence-electron chi connectivity index (χ1n) is 14.9. The number of benzene rings is 2. The van der Waals surface area contributed by atoms with E-state index in [0.29, 0.717) is 22.3 Å². The summed E-state index contributed by atoms with van der Waals surface area (Å²) in [5.74, 6) is -0.584. The molecule has 0 atom stereocenters. The van der Waals surface area contributed by atoms with Crippen molar-refractivity contribution in [2.24, 2.45) is 5.73 Å². The maximum absolute atomic E-state index is 14.9. The van der Waals surface area contributed by atoms with Gasteiger partial charge in [0.15, 0.2) is 5.43 Å². The number of halogens is 1. The summed E-state index contributed by atoms with van der Waals surface area (Å²) >= 11 is 0. The number of hydrogen-bond acceptors (Lipinski definition) is 5. The zero-order valence-corrected chi connectivity index (χ0v) is 26.7. The lowest BCUT2D eigenvalue weighted by molar-refractivity contribution is 0.0908. The van der Waals surface area contributed by atoms with Gasteiger partial charge in [0.2, 0.25) is 0 Å². The van der Waals surface area contributed by atoms with Crippen LogP contribution in [0.1, 0.15) is 100 Å². The van der Waals surface area contributed by atoms with Crippen LogP contribution in [0.25, 0.3) is 21.8 Å². The standard InChI is InChI=1S/C25H24FN3O2.C11H18N2/c1-14(2)21-11-15(9-10-27-21)25(3,4)29-24(31)17-13-22-18(12-19(17)26)23(30)16-7-5-6-8-20(16)28-22;1-8(2)10-7-9(5-6-13-10)11(3,4)12/h5-14H,1-4H3,(H,28,30)(H,29,31);5-8H,12H2,1-4H3. The Morgan fingerprint density at radius 3 is 1.98 bits per heavy atom. The molecule has 0 spiro atoms. The zero-order valence-electron chi connectivity index (χ0n) is 26.7. The Kier molecular flexibility index (Phi) is 9.35. The summed E-state index contributed by atoms with van der Waals surface area (Å²) in [7, 11) is 0. The lowest BCUT2D eigenvalue weighted by Crippen LogP contribution is -2.41. The molecule has 0 saturated heterocycles. The minimum atomic E-state index is -0.748. The van der Waals surface area contributed by atoms with E-state index in [-0.39, 0.29) is 27.8 Å². The number of nitrogens with zero attached hydrogens (tertiary/aromatic N) is 2. The number of pyridine rings is 3. The lowest BCUT2D eigenvalue weighted by Gasteiger charge is -2.27. The van der Waals surface area contributed by atoms with Crippen LogP contribution in [-0.2, 0) is 11.1 Å². The molecule has 0 fully saturated rings. The molecule has 0 unspecified atom stereocenters. The molecule has 5 aromatic rings. The van der Waals surface area contributed by atoms with Gasteiger partial charge in [-0.25, -0.2) is 4.39 Å².